The Morgan fingerprint density at radius 3 is 2.76 bits per heavy atom. The van der Waals surface area contributed by atoms with Crippen molar-refractivity contribution in [2.24, 2.45) is 0 Å². The molecule has 112 valence electrons. The number of nitrogens with one attached hydrogen (secondary N) is 1. The Kier molecular flexibility index (Phi) is 4.85. The average molecular weight is 303 g/mol. The highest BCUT2D eigenvalue weighted by atomic mass is 32.1. The van der Waals surface area contributed by atoms with Gasteiger partial charge in [-0.1, -0.05) is 0 Å². The van der Waals surface area contributed by atoms with Gasteiger partial charge in [-0.3, -0.25) is 4.79 Å². The highest BCUT2D eigenvalue weighted by molar-refractivity contribution is 7.07. The van der Waals surface area contributed by atoms with Gasteiger partial charge in [0, 0.05) is 31.5 Å². The maximum absolute atomic E-state index is 12.2. The summed E-state index contributed by atoms with van der Waals surface area (Å²) in [6, 6.07) is 7.69. The van der Waals surface area contributed by atoms with Gasteiger partial charge in [-0.2, -0.15) is 11.3 Å². The largest absolute Gasteiger partial charge is 0.399 e. The van der Waals surface area contributed by atoms with Crippen molar-refractivity contribution in [3.05, 3.63) is 46.2 Å². The number of anilines is 2. The molecule has 1 heterocycles. The van der Waals surface area contributed by atoms with Crippen molar-refractivity contribution in [3.8, 4) is 0 Å². The molecule has 1 atom stereocenters. The number of rotatable bonds is 5. The number of thiophene rings is 1. The number of nitrogens with zero attached hydrogens (tertiary/aromatic N) is 1. The molecular weight excluding hydrogens is 282 g/mol. The second kappa shape index (κ2) is 6.63. The maximum atomic E-state index is 12.2. The van der Waals surface area contributed by atoms with E-state index in [2.05, 4.69) is 29.1 Å². The second-order valence-corrected chi connectivity index (χ2v) is 6.17. The van der Waals surface area contributed by atoms with Gasteiger partial charge in [-0.05, 0) is 53.9 Å². The molecule has 0 saturated carbocycles. The van der Waals surface area contributed by atoms with E-state index in [9.17, 15) is 4.79 Å². The quantitative estimate of drug-likeness (QED) is 0.835. The summed E-state index contributed by atoms with van der Waals surface area (Å²) in [5.74, 6) is -0.0276. The molecule has 1 aromatic carbocycles. The number of carbonyl (C=O) groups is 1. The fraction of sp³-hybridized carbons (Fsp3) is 0.312. The Balaban J connectivity index is 2.18. The molecule has 2 aromatic rings. The highest BCUT2D eigenvalue weighted by Gasteiger charge is 2.15. The summed E-state index contributed by atoms with van der Waals surface area (Å²) in [7, 11) is 3.49. The van der Waals surface area contributed by atoms with Crippen molar-refractivity contribution >= 4 is 28.6 Å². The molecule has 1 amide bonds. The molecule has 0 radical (unpaired) electrons. The zero-order valence-electron chi connectivity index (χ0n) is 12.6. The normalized spacial score (nSPS) is 12.0. The first kappa shape index (κ1) is 15.4. The van der Waals surface area contributed by atoms with Crippen LogP contribution in [0.3, 0.4) is 0 Å². The zero-order valence-corrected chi connectivity index (χ0v) is 13.4. The van der Waals surface area contributed by atoms with E-state index >= 15 is 0 Å². The van der Waals surface area contributed by atoms with Crippen molar-refractivity contribution in [1.29, 1.82) is 0 Å². The minimum absolute atomic E-state index is 0.0276. The van der Waals surface area contributed by atoms with E-state index in [0.717, 1.165) is 12.1 Å². The van der Waals surface area contributed by atoms with Gasteiger partial charge in [0.1, 0.15) is 0 Å². The van der Waals surface area contributed by atoms with Crippen LogP contribution in [0, 0.1) is 0 Å². The van der Waals surface area contributed by atoms with Crippen LogP contribution < -0.4 is 11.1 Å². The summed E-state index contributed by atoms with van der Waals surface area (Å²) in [4.78, 5) is 13.8. The number of nitrogen functional groups attached to an aromatic ring is 1. The van der Waals surface area contributed by atoms with Gasteiger partial charge in [0.15, 0.2) is 0 Å². The number of carbonyl (C=O) groups excluding carboxylic acids is 1. The van der Waals surface area contributed by atoms with E-state index in [4.69, 9.17) is 5.73 Å². The van der Waals surface area contributed by atoms with Gasteiger partial charge in [0.2, 0.25) is 0 Å². The molecule has 0 saturated heterocycles. The standard InChI is InChI=1S/C16H21N3OS/c1-11(8-12-6-7-21-10-12)18-15-9-13(17)4-5-14(15)16(20)19(2)3/h4-7,9-11,18H,8,17H2,1-3H3. The number of hydrogen-bond donors (Lipinski definition) is 2. The molecule has 1 aromatic heterocycles. The first-order chi connectivity index (χ1) is 9.97. The monoisotopic (exact) mass is 303 g/mol. The van der Waals surface area contributed by atoms with E-state index < -0.39 is 0 Å². The van der Waals surface area contributed by atoms with Crippen LogP contribution in [0.2, 0.25) is 0 Å². The topological polar surface area (TPSA) is 58.4 Å². The van der Waals surface area contributed by atoms with Crippen molar-refractivity contribution < 1.29 is 4.79 Å². The SMILES string of the molecule is CC(Cc1ccsc1)Nc1cc(N)ccc1C(=O)N(C)C. The molecule has 0 spiro atoms. The molecule has 4 nitrogen and oxygen atoms in total. The molecule has 3 N–H and O–H groups in total. The number of hydrogen-bond acceptors (Lipinski definition) is 4. The van der Waals surface area contributed by atoms with E-state index in [1.165, 1.54) is 5.56 Å². The van der Waals surface area contributed by atoms with Crippen LogP contribution in [-0.4, -0.2) is 30.9 Å². The smallest absolute Gasteiger partial charge is 0.255 e. The Morgan fingerprint density at radius 2 is 2.14 bits per heavy atom. The second-order valence-electron chi connectivity index (χ2n) is 5.39. The van der Waals surface area contributed by atoms with Crippen LogP contribution in [0.1, 0.15) is 22.8 Å². The fourth-order valence-electron chi connectivity index (χ4n) is 2.19. The molecule has 1 unspecified atom stereocenters. The lowest BCUT2D eigenvalue weighted by molar-refractivity contribution is 0.0828. The molecule has 0 aliphatic carbocycles. The molecule has 0 bridgehead atoms. The lowest BCUT2D eigenvalue weighted by atomic mass is 10.1. The summed E-state index contributed by atoms with van der Waals surface area (Å²) in [5, 5.41) is 7.62. The third-order valence-corrected chi connectivity index (χ3v) is 3.94. The van der Waals surface area contributed by atoms with Crippen LogP contribution >= 0.6 is 11.3 Å². The molecule has 0 fully saturated rings. The van der Waals surface area contributed by atoms with E-state index in [-0.39, 0.29) is 11.9 Å². The summed E-state index contributed by atoms with van der Waals surface area (Å²) < 4.78 is 0. The Morgan fingerprint density at radius 1 is 1.38 bits per heavy atom. The van der Waals surface area contributed by atoms with Crippen molar-refractivity contribution in [1.82, 2.24) is 4.90 Å². The molecule has 21 heavy (non-hydrogen) atoms. The summed E-state index contributed by atoms with van der Waals surface area (Å²) >= 11 is 1.69. The first-order valence-corrected chi connectivity index (χ1v) is 7.80. The van der Waals surface area contributed by atoms with Gasteiger partial charge in [0.05, 0.1) is 5.56 Å². The lowest BCUT2D eigenvalue weighted by Crippen LogP contribution is -2.25. The minimum atomic E-state index is -0.0276. The minimum Gasteiger partial charge on any atom is -0.399 e. The predicted octanol–water partition coefficient (Wildman–Crippen LogP) is 3.08. The van der Waals surface area contributed by atoms with Crippen LogP contribution in [0.4, 0.5) is 11.4 Å². The third kappa shape index (κ3) is 3.98. The van der Waals surface area contributed by atoms with E-state index in [1.54, 1.807) is 42.5 Å². The number of nitrogens with two attached hydrogens (primary N) is 1. The lowest BCUT2D eigenvalue weighted by Gasteiger charge is -2.19. The van der Waals surface area contributed by atoms with Gasteiger partial charge in [0.25, 0.3) is 5.91 Å². The molecular formula is C16H21N3OS. The van der Waals surface area contributed by atoms with Crippen LogP contribution in [0.15, 0.2) is 35.0 Å². The zero-order chi connectivity index (χ0) is 15.4. The Hall–Kier alpha value is -2.01. The van der Waals surface area contributed by atoms with Crippen molar-refractivity contribution in [3.63, 3.8) is 0 Å². The van der Waals surface area contributed by atoms with E-state index in [0.29, 0.717) is 11.3 Å². The predicted molar refractivity (Wildman–Crippen MR) is 90.0 cm³/mol. The molecule has 2 rings (SSSR count). The van der Waals surface area contributed by atoms with Crippen LogP contribution in [0.25, 0.3) is 0 Å². The fourth-order valence-corrected chi connectivity index (χ4v) is 2.87. The van der Waals surface area contributed by atoms with Gasteiger partial charge in [-0.15, -0.1) is 0 Å². The summed E-state index contributed by atoms with van der Waals surface area (Å²) in [6.07, 6.45) is 0.911. The first-order valence-electron chi connectivity index (χ1n) is 6.86. The summed E-state index contributed by atoms with van der Waals surface area (Å²) in [6.45, 7) is 2.10. The van der Waals surface area contributed by atoms with Crippen molar-refractivity contribution in [2.75, 3.05) is 25.1 Å². The van der Waals surface area contributed by atoms with Crippen LogP contribution in [-0.2, 0) is 6.42 Å². The van der Waals surface area contributed by atoms with E-state index in [1.807, 2.05) is 6.07 Å². The van der Waals surface area contributed by atoms with Crippen molar-refractivity contribution in [2.45, 2.75) is 19.4 Å². The maximum Gasteiger partial charge on any atom is 0.255 e. The molecule has 0 aliphatic rings. The van der Waals surface area contributed by atoms with Crippen LogP contribution in [0.5, 0.6) is 0 Å². The number of amides is 1. The Bertz CT molecular complexity index is 608. The molecule has 0 aliphatic heterocycles. The summed E-state index contributed by atoms with van der Waals surface area (Å²) in [5.41, 5.74) is 9.23. The average Bonchev–Trinajstić information content (AvgIpc) is 2.90. The molecule has 5 heteroatoms. The third-order valence-electron chi connectivity index (χ3n) is 3.20. The Labute approximate surface area is 129 Å². The number of benzene rings is 1. The van der Waals surface area contributed by atoms with Gasteiger partial charge < -0.3 is 16.0 Å². The highest BCUT2D eigenvalue weighted by Crippen LogP contribution is 2.22. The van der Waals surface area contributed by atoms with Gasteiger partial charge >= 0.3 is 0 Å². The van der Waals surface area contributed by atoms with Gasteiger partial charge in [-0.25, -0.2) is 0 Å².